The molecule has 0 fully saturated rings. The molecule has 1 unspecified atom stereocenters. The number of nitriles is 1. The number of carbonyl (C=O) groups excluding carboxylic acids is 1. The summed E-state index contributed by atoms with van der Waals surface area (Å²) in [7, 11) is -0.689. The van der Waals surface area contributed by atoms with Gasteiger partial charge >= 0.3 is 6.18 Å². The van der Waals surface area contributed by atoms with Crippen molar-refractivity contribution in [1.82, 2.24) is 0 Å². The Hall–Kier alpha value is -1.92. The molecule has 2 N–H and O–H groups in total. The molecule has 1 amide bonds. The lowest BCUT2D eigenvalue weighted by Crippen LogP contribution is -2.40. The van der Waals surface area contributed by atoms with Crippen molar-refractivity contribution < 1.29 is 27.3 Å². The molecule has 0 aliphatic rings. The summed E-state index contributed by atoms with van der Waals surface area (Å²) in [5.74, 6) is 0.849. The van der Waals surface area contributed by atoms with Gasteiger partial charge in [0.2, 0.25) is 0 Å². The van der Waals surface area contributed by atoms with E-state index in [1.165, 1.54) is 44.7 Å². The van der Waals surface area contributed by atoms with Crippen molar-refractivity contribution in [2.45, 2.75) is 116 Å². The molecule has 2 atom stereocenters. The first kappa shape index (κ1) is 33.1. The summed E-state index contributed by atoms with van der Waals surface area (Å²) in [5, 5.41) is 21.7. The van der Waals surface area contributed by atoms with Gasteiger partial charge in [-0.25, -0.2) is 0 Å². The minimum atomic E-state index is -4.72. The summed E-state index contributed by atoms with van der Waals surface area (Å²) < 4.78 is 51.4. The molecular weight excluding hydrogens is 501 g/mol. The largest absolute Gasteiger partial charge is 0.417 e. The van der Waals surface area contributed by atoms with Crippen LogP contribution >= 0.6 is 0 Å². The van der Waals surface area contributed by atoms with Gasteiger partial charge in [0.25, 0.3) is 5.91 Å². The molecule has 1 aromatic carbocycles. The van der Waals surface area contributed by atoms with Crippen LogP contribution in [0, 0.1) is 11.3 Å². The van der Waals surface area contributed by atoms with Crippen molar-refractivity contribution in [3.05, 3.63) is 29.3 Å². The van der Waals surface area contributed by atoms with Crippen LogP contribution in [0.3, 0.4) is 0 Å². The number of aliphatic hydroxyl groups is 1. The van der Waals surface area contributed by atoms with Gasteiger partial charge in [-0.1, -0.05) is 77.6 Å². The second kappa shape index (κ2) is 17.6. The zero-order valence-corrected chi connectivity index (χ0v) is 23.1. The molecule has 0 spiro atoms. The van der Waals surface area contributed by atoms with E-state index in [1.807, 2.05) is 0 Å². The summed E-state index contributed by atoms with van der Waals surface area (Å²) in [6.07, 6.45) is 9.25. The second-order valence-electron chi connectivity index (χ2n) is 9.94. The molecule has 1 aromatic rings. The highest BCUT2D eigenvalue weighted by atomic mass is 32.2. The summed E-state index contributed by atoms with van der Waals surface area (Å²) in [4.78, 5) is 12.4. The molecule has 0 heterocycles. The molecule has 0 bridgehead atoms. The van der Waals surface area contributed by atoms with E-state index in [0.717, 1.165) is 68.9 Å². The number of anilines is 1. The SMILES string of the molecule is CCCCCCCS(=O)CCCCCCCCCC[C@](C)(O)C(=O)Nc1ccc(C#N)c(C(F)(F)F)c1. The van der Waals surface area contributed by atoms with E-state index in [2.05, 4.69) is 12.2 Å². The Labute approximate surface area is 222 Å². The molecule has 0 aliphatic heterocycles. The van der Waals surface area contributed by atoms with Crippen LogP contribution in [0.5, 0.6) is 0 Å². The second-order valence-corrected chi connectivity index (χ2v) is 11.6. The molecule has 1 rings (SSSR count). The van der Waals surface area contributed by atoms with Crippen LogP contribution < -0.4 is 5.32 Å². The molecule has 0 aromatic heterocycles. The Morgan fingerprint density at radius 2 is 1.46 bits per heavy atom. The van der Waals surface area contributed by atoms with E-state index >= 15 is 0 Å². The first-order valence-electron chi connectivity index (χ1n) is 13.5. The molecule has 0 radical (unpaired) electrons. The maximum Gasteiger partial charge on any atom is 0.417 e. The first-order valence-corrected chi connectivity index (χ1v) is 15.0. The van der Waals surface area contributed by atoms with E-state index < -0.39 is 39.6 Å². The first-order chi connectivity index (χ1) is 17.5. The van der Waals surface area contributed by atoms with E-state index in [-0.39, 0.29) is 12.1 Å². The quantitative estimate of drug-likeness (QED) is 0.177. The Balaban J connectivity index is 2.20. The lowest BCUT2D eigenvalue weighted by Gasteiger charge is -2.22. The minimum absolute atomic E-state index is 0.118. The maximum atomic E-state index is 13.1. The Bertz CT molecular complexity index is 882. The number of hydrogen-bond acceptors (Lipinski definition) is 4. The van der Waals surface area contributed by atoms with Gasteiger partial charge in [-0.3, -0.25) is 9.00 Å². The van der Waals surface area contributed by atoms with Crippen LogP contribution in [0.25, 0.3) is 0 Å². The van der Waals surface area contributed by atoms with Gasteiger partial charge in [-0.2, -0.15) is 18.4 Å². The van der Waals surface area contributed by atoms with Gasteiger partial charge in [0.1, 0.15) is 5.60 Å². The molecular formula is C28H43F3N2O3S. The van der Waals surface area contributed by atoms with E-state index in [0.29, 0.717) is 12.5 Å². The van der Waals surface area contributed by atoms with Crippen molar-refractivity contribution in [2.75, 3.05) is 16.8 Å². The fourth-order valence-electron chi connectivity index (χ4n) is 4.09. The van der Waals surface area contributed by atoms with Crippen LogP contribution in [0.2, 0.25) is 0 Å². The number of unbranched alkanes of at least 4 members (excludes halogenated alkanes) is 11. The lowest BCUT2D eigenvalue weighted by atomic mass is 9.96. The molecule has 37 heavy (non-hydrogen) atoms. The highest BCUT2D eigenvalue weighted by Gasteiger charge is 2.35. The maximum absolute atomic E-state index is 13.1. The molecule has 210 valence electrons. The third-order valence-corrected chi connectivity index (χ3v) is 7.94. The fraction of sp³-hybridized carbons (Fsp3) is 0.714. The number of benzene rings is 1. The molecule has 0 aliphatic carbocycles. The summed E-state index contributed by atoms with van der Waals surface area (Å²) >= 11 is 0. The lowest BCUT2D eigenvalue weighted by molar-refractivity contribution is -0.138. The molecule has 0 saturated heterocycles. The average Bonchev–Trinajstić information content (AvgIpc) is 2.84. The average molecular weight is 545 g/mol. The van der Waals surface area contributed by atoms with Crippen LogP contribution in [0.1, 0.15) is 115 Å². The zero-order valence-electron chi connectivity index (χ0n) is 22.3. The molecule has 9 heteroatoms. The van der Waals surface area contributed by atoms with Crippen LogP contribution in [-0.4, -0.2) is 32.3 Å². The van der Waals surface area contributed by atoms with Crippen molar-refractivity contribution in [1.29, 1.82) is 5.26 Å². The standard InChI is InChI=1S/C28H43F3N2O3S/c1-3-4-5-11-14-19-37(36)20-15-12-9-7-6-8-10-13-18-27(2,35)26(34)33-24-17-16-23(22-32)25(21-24)28(29,30)31/h16-17,21,35H,3-15,18-20H2,1-2H3,(H,33,34)/t27-,37?/m0/s1. The van der Waals surface area contributed by atoms with Crippen molar-refractivity contribution in [3.8, 4) is 6.07 Å². The topological polar surface area (TPSA) is 90.2 Å². The van der Waals surface area contributed by atoms with Gasteiger partial charge in [0.05, 0.1) is 17.2 Å². The van der Waals surface area contributed by atoms with Crippen molar-refractivity contribution >= 4 is 22.4 Å². The number of nitrogens with one attached hydrogen (secondary N) is 1. The monoisotopic (exact) mass is 544 g/mol. The summed E-state index contributed by atoms with van der Waals surface area (Å²) in [6.45, 7) is 3.54. The highest BCUT2D eigenvalue weighted by Crippen LogP contribution is 2.33. The number of carbonyl (C=O) groups is 1. The molecule has 0 saturated carbocycles. The van der Waals surface area contributed by atoms with Gasteiger partial charge < -0.3 is 10.4 Å². The fourth-order valence-corrected chi connectivity index (χ4v) is 5.35. The van der Waals surface area contributed by atoms with E-state index in [4.69, 9.17) is 5.26 Å². The zero-order chi connectivity index (χ0) is 27.7. The van der Waals surface area contributed by atoms with Gasteiger partial charge in [0, 0.05) is 28.0 Å². The predicted molar refractivity (Wildman–Crippen MR) is 144 cm³/mol. The van der Waals surface area contributed by atoms with Crippen LogP contribution in [0.15, 0.2) is 18.2 Å². The van der Waals surface area contributed by atoms with E-state index in [9.17, 15) is 27.3 Å². The third kappa shape index (κ3) is 14.0. The number of rotatable bonds is 19. The third-order valence-electron chi connectivity index (χ3n) is 6.45. The number of alkyl halides is 3. The number of hydrogen-bond donors (Lipinski definition) is 2. The van der Waals surface area contributed by atoms with Crippen molar-refractivity contribution in [2.24, 2.45) is 0 Å². The van der Waals surface area contributed by atoms with Gasteiger partial charge in [0.15, 0.2) is 0 Å². The highest BCUT2D eigenvalue weighted by molar-refractivity contribution is 7.84. The normalized spacial score (nSPS) is 14.1. The number of halogens is 3. The minimum Gasteiger partial charge on any atom is -0.380 e. The Kier molecular flexibility index (Phi) is 15.7. The van der Waals surface area contributed by atoms with Crippen LogP contribution in [0.4, 0.5) is 18.9 Å². The van der Waals surface area contributed by atoms with Crippen LogP contribution in [-0.2, 0) is 21.8 Å². The molecule has 5 nitrogen and oxygen atoms in total. The smallest absolute Gasteiger partial charge is 0.380 e. The predicted octanol–water partition coefficient (Wildman–Crippen LogP) is 7.50. The Morgan fingerprint density at radius 3 is 1.97 bits per heavy atom. The summed E-state index contributed by atoms with van der Waals surface area (Å²) in [5.41, 5.74) is -3.48. The number of nitrogens with zero attached hydrogens (tertiary/aromatic N) is 1. The van der Waals surface area contributed by atoms with Gasteiger partial charge in [-0.15, -0.1) is 0 Å². The number of amides is 1. The Morgan fingerprint density at radius 1 is 0.946 bits per heavy atom. The van der Waals surface area contributed by atoms with Gasteiger partial charge in [-0.05, 0) is 44.4 Å². The summed E-state index contributed by atoms with van der Waals surface area (Å²) in [6, 6.07) is 4.42. The van der Waals surface area contributed by atoms with E-state index in [1.54, 1.807) is 0 Å². The van der Waals surface area contributed by atoms with Crippen molar-refractivity contribution in [3.63, 3.8) is 0 Å².